The number of rotatable bonds is 1. The summed E-state index contributed by atoms with van der Waals surface area (Å²) in [5.74, 6) is 0. The molecule has 1 aliphatic rings. The van der Waals surface area contributed by atoms with E-state index in [-0.39, 0.29) is 17.2 Å². The van der Waals surface area contributed by atoms with Gasteiger partial charge in [0.25, 0.3) is 0 Å². The maximum absolute atomic E-state index is 11.9. The minimum absolute atomic E-state index is 0.0625. The minimum Gasteiger partial charge on any atom is -0.276 e. The van der Waals surface area contributed by atoms with Crippen LogP contribution in [0.3, 0.4) is 0 Å². The van der Waals surface area contributed by atoms with Crippen molar-refractivity contribution in [1.82, 2.24) is 4.08 Å². The number of hydrogen-bond donors (Lipinski definition) is 0. The maximum Gasteiger partial charge on any atom is 0.496 e. The molecule has 0 aromatic carbocycles. The van der Waals surface area contributed by atoms with Crippen molar-refractivity contribution in [3.8, 4) is 0 Å². The molecule has 10 heavy (non-hydrogen) atoms. The molecule has 1 aliphatic heterocycles. The third kappa shape index (κ3) is 1.60. The average Bonchev–Trinajstić information content (AvgIpc) is 2.11. The first kappa shape index (κ1) is 8.26. The molecule has 4 nitrogen and oxygen atoms in total. The van der Waals surface area contributed by atoms with Crippen LogP contribution < -0.4 is 0 Å². The van der Waals surface area contributed by atoms with Gasteiger partial charge in [0.1, 0.15) is 0 Å². The molecule has 0 aromatic rings. The van der Waals surface area contributed by atoms with Crippen LogP contribution in [0.25, 0.3) is 0 Å². The summed E-state index contributed by atoms with van der Waals surface area (Å²) in [6.07, 6.45) is 0. The molecule has 60 valence electrons. The molecule has 8 heteroatoms. The molecule has 1 rings (SSSR count). The summed E-state index contributed by atoms with van der Waals surface area (Å²) < 4.78 is 48.4. The molecule has 1 unspecified atom stereocenters. The standard InChI is InChI=1S/C2H4F2NO3PS/c3-9(4,6)5-1-2-8-10(5)7/h1-2H2. The first-order valence-electron chi connectivity index (χ1n) is 2.34. The maximum atomic E-state index is 11.9. The molecule has 1 fully saturated rings. The van der Waals surface area contributed by atoms with Gasteiger partial charge in [-0.2, -0.15) is 0 Å². The van der Waals surface area contributed by atoms with Gasteiger partial charge in [0.05, 0.1) is 13.2 Å². The van der Waals surface area contributed by atoms with Gasteiger partial charge < -0.3 is 0 Å². The summed E-state index contributed by atoms with van der Waals surface area (Å²) in [5.41, 5.74) is 0. The van der Waals surface area contributed by atoms with Gasteiger partial charge >= 0.3 is 7.91 Å². The smallest absolute Gasteiger partial charge is 0.276 e. The number of hydrogen-bond acceptors (Lipinski definition) is 3. The predicted octanol–water partition coefficient (Wildman–Crippen LogP) is 0.944. The van der Waals surface area contributed by atoms with Crippen LogP contribution in [0, 0.1) is 0 Å². The topological polar surface area (TPSA) is 46.6 Å². The highest BCUT2D eigenvalue weighted by Gasteiger charge is 2.39. The largest absolute Gasteiger partial charge is 0.496 e. The minimum atomic E-state index is -5.36. The quantitative estimate of drug-likeness (QED) is 0.579. The van der Waals surface area contributed by atoms with E-state index in [0.717, 1.165) is 0 Å². The van der Waals surface area contributed by atoms with Crippen LogP contribution >= 0.6 is 7.91 Å². The Morgan fingerprint density at radius 3 is 2.40 bits per heavy atom. The van der Waals surface area contributed by atoms with Gasteiger partial charge in [-0.05, 0) is 0 Å². The van der Waals surface area contributed by atoms with Gasteiger partial charge in [-0.1, -0.05) is 4.08 Å². The fourth-order valence-corrected chi connectivity index (χ4v) is 2.16. The third-order valence-corrected chi connectivity index (χ3v) is 3.48. The van der Waals surface area contributed by atoms with Crippen molar-refractivity contribution in [3.05, 3.63) is 0 Å². The first-order valence-corrected chi connectivity index (χ1v) is 4.81. The van der Waals surface area contributed by atoms with Crippen molar-refractivity contribution >= 4 is 19.2 Å². The summed E-state index contributed by atoms with van der Waals surface area (Å²) in [6.45, 7) is -0.304. The Morgan fingerprint density at radius 1 is 1.60 bits per heavy atom. The van der Waals surface area contributed by atoms with E-state index in [2.05, 4.69) is 4.18 Å². The van der Waals surface area contributed by atoms with Crippen molar-refractivity contribution < 1.29 is 21.4 Å². The lowest BCUT2D eigenvalue weighted by Gasteiger charge is -2.06. The summed E-state index contributed by atoms with van der Waals surface area (Å²) in [6, 6.07) is 0. The Morgan fingerprint density at radius 2 is 2.20 bits per heavy atom. The molecule has 1 saturated heterocycles. The summed E-state index contributed by atoms with van der Waals surface area (Å²) in [7, 11) is -5.36. The van der Waals surface area contributed by atoms with Crippen LogP contribution in [0.1, 0.15) is 0 Å². The Balaban J connectivity index is 2.74. The molecule has 0 radical (unpaired) electrons. The lowest BCUT2D eigenvalue weighted by atomic mass is 10.8. The lowest BCUT2D eigenvalue weighted by Crippen LogP contribution is -2.12. The highest BCUT2D eigenvalue weighted by Crippen LogP contribution is 2.54. The van der Waals surface area contributed by atoms with E-state index < -0.39 is 19.2 Å². The van der Waals surface area contributed by atoms with Gasteiger partial charge in [-0.15, -0.1) is 8.39 Å². The second-order valence-electron chi connectivity index (χ2n) is 1.55. The molecule has 0 saturated carbocycles. The van der Waals surface area contributed by atoms with Crippen molar-refractivity contribution in [2.24, 2.45) is 0 Å². The van der Waals surface area contributed by atoms with Crippen molar-refractivity contribution in [3.63, 3.8) is 0 Å². The molecule has 1 atom stereocenters. The summed E-state index contributed by atoms with van der Waals surface area (Å²) >= 11 is -2.21. The molecular formula is C2H4F2NO3PS. The second-order valence-corrected chi connectivity index (χ2v) is 4.28. The van der Waals surface area contributed by atoms with Crippen LogP contribution in [0.2, 0.25) is 0 Å². The monoisotopic (exact) mass is 191 g/mol. The molecular weight excluding hydrogens is 187 g/mol. The Labute approximate surface area is 58.6 Å². The zero-order valence-corrected chi connectivity index (χ0v) is 6.41. The zero-order chi connectivity index (χ0) is 7.78. The van der Waals surface area contributed by atoms with Gasteiger partial charge in [0, 0.05) is 0 Å². The van der Waals surface area contributed by atoms with Crippen molar-refractivity contribution in [1.29, 1.82) is 0 Å². The van der Waals surface area contributed by atoms with Crippen molar-refractivity contribution in [2.75, 3.05) is 13.2 Å². The van der Waals surface area contributed by atoms with Crippen molar-refractivity contribution in [2.45, 2.75) is 0 Å². The highest BCUT2D eigenvalue weighted by molar-refractivity contribution is 7.84. The fraction of sp³-hybridized carbons (Fsp3) is 1.00. The van der Waals surface area contributed by atoms with Crippen LogP contribution in [0.15, 0.2) is 0 Å². The van der Waals surface area contributed by atoms with Gasteiger partial charge in [-0.3, -0.25) is 4.18 Å². The molecule has 0 aliphatic carbocycles. The van der Waals surface area contributed by atoms with Crippen LogP contribution in [-0.4, -0.2) is 21.4 Å². The summed E-state index contributed by atoms with van der Waals surface area (Å²) in [4.78, 5) is 0. The number of halogens is 2. The molecule has 0 aromatic heterocycles. The molecule has 0 bridgehead atoms. The first-order chi connectivity index (χ1) is 4.52. The normalized spacial score (nSPS) is 29.2. The molecule has 1 heterocycles. The van der Waals surface area contributed by atoms with E-state index >= 15 is 0 Å². The molecule has 0 amide bonds. The predicted molar refractivity (Wildman–Crippen MR) is 30.6 cm³/mol. The van der Waals surface area contributed by atoms with E-state index in [1.165, 1.54) is 0 Å². The SMILES string of the molecule is O=S1OCCN1P(=O)(F)F. The van der Waals surface area contributed by atoms with Gasteiger partial charge in [0.15, 0.2) is 0 Å². The van der Waals surface area contributed by atoms with Crippen LogP contribution in [-0.2, 0) is 20.0 Å². The van der Waals surface area contributed by atoms with E-state index in [4.69, 9.17) is 0 Å². The number of nitrogens with zero attached hydrogens (tertiary/aromatic N) is 1. The van der Waals surface area contributed by atoms with E-state index in [0.29, 0.717) is 0 Å². The average molecular weight is 191 g/mol. The van der Waals surface area contributed by atoms with E-state index in [1.54, 1.807) is 0 Å². The van der Waals surface area contributed by atoms with Crippen LogP contribution in [0.5, 0.6) is 0 Å². The fourth-order valence-electron chi connectivity index (χ4n) is 0.516. The Kier molecular flexibility index (Phi) is 2.19. The highest BCUT2D eigenvalue weighted by atomic mass is 32.2. The van der Waals surface area contributed by atoms with E-state index in [9.17, 15) is 17.2 Å². The van der Waals surface area contributed by atoms with Gasteiger partial charge in [-0.25, -0.2) is 8.77 Å². The lowest BCUT2D eigenvalue weighted by molar-refractivity contribution is 0.388. The molecule has 0 N–H and O–H groups in total. The Hall–Kier alpha value is 0.160. The Bertz CT molecular complexity index is 205. The zero-order valence-electron chi connectivity index (χ0n) is 4.70. The van der Waals surface area contributed by atoms with Gasteiger partial charge in [0.2, 0.25) is 11.3 Å². The third-order valence-electron chi connectivity index (χ3n) is 0.898. The summed E-state index contributed by atoms with van der Waals surface area (Å²) in [5, 5.41) is 0. The van der Waals surface area contributed by atoms with E-state index in [1.807, 2.05) is 0 Å². The second kappa shape index (κ2) is 2.65. The molecule has 0 spiro atoms. The van der Waals surface area contributed by atoms with Crippen LogP contribution in [0.4, 0.5) is 8.39 Å².